The van der Waals surface area contributed by atoms with Gasteiger partial charge in [0.05, 0.1) is 0 Å². The highest BCUT2D eigenvalue weighted by Crippen LogP contribution is 2.36. The lowest BCUT2D eigenvalue weighted by molar-refractivity contribution is 1.40. The zero-order chi connectivity index (χ0) is 19.0. The second-order valence-corrected chi connectivity index (χ2v) is 9.71. The van der Waals surface area contributed by atoms with Gasteiger partial charge >= 0.3 is 0 Å². The quantitative estimate of drug-likeness (QED) is 0.399. The van der Waals surface area contributed by atoms with Crippen molar-refractivity contribution in [1.82, 2.24) is 0 Å². The van der Waals surface area contributed by atoms with E-state index in [1.807, 2.05) is 0 Å². The first kappa shape index (κ1) is 18.0. The topological polar surface area (TPSA) is 0 Å². The van der Waals surface area contributed by atoms with E-state index in [1.165, 1.54) is 48.9 Å². The smallest absolute Gasteiger partial charge is 0.00726 e. The van der Waals surface area contributed by atoms with Gasteiger partial charge in [-0.1, -0.05) is 101 Å². The maximum Gasteiger partial charge on any atom is -0.00726 e. The first-order valence-corrected chi connectivity index (χ1v) is 10.8. The molecule has 0 amide bonds. The normalized spacial score (nSPS) is 11.3. The van der Waals surface area contributed by atoms with Crippen LogP contribution in [0.2, 0.25) is 0 Å². The highest BCUT2D eigenvalue weighted by molar-refractivity contribution is 7.80. The van der Waals surface area contributed by atoms with Crippen LogP contribution in [0.25, 0.3) is 10.8 Å². The van der Waals surface area contributed by atoms with Crippen LogP contribution < -0.4 is 15.9 Å². The lowest BCUT2D eigenvalue weighted by Gasteiger charge is -2.23. The molecule has 0 bridgehead atoms. The Morgan fingerprint density at radius 2 is 1.00 bits per heavy atom. The predicted octanol–water partition coefficient (Wildman–Crippen LogP) is 5.83. The van der Waals surface area contributed by atoms with Gasteiger partial charge in [-0.05, 0) is 62.3 Å². The molecule has 0 atom stereocenters. The molecule has 0 fully saturated rings. The number of hydrogen-bond donors (Lipinski definition) is 0. The van der Waals surface area contributed by atoms with Crippen molar-refractivity contribution in [3.8, 4) is 0 Å². The van der Waals surface area contributed by atoms with Gasteiger partial charge in [-0.25, -0.2) is 0 Å². The van der Waals surface area contributed by atoms with Crippen LogP contribution in [0, 0.1) is 27.7 Å². The molecule has 0 nitrogen and oxygen atoms in total. The molecular weight excluding hydrogens is 343 g/mol. The molecule has 4 rings (SSSR count). The van der Waals surface area contributed by atoms with E-state index < -0.39 is 7.92 Å². The highest BCUT2D eigenvalue weighted by atomic mass is 31.1. The number of aryl methyl sites for hydroxylation is 4. The molecule has 1 heteroatoms. The Kier molecular flexibility index (Phi) is 4.85. The average molecular weight is 368 g/mol. The van der Waals surface area contributed by atoms with E-state index >= 15 is 0 Å². The summed E-state index contributed by atoms with van der Waals surface area (Å²) in [6.45, 7) is 8.81. The largest absolute Gasteiger partial charge is 0.0616 e. The second kappa shape index (κ2) is 7.29. The summed E-state index contributed by atoms with van der Waals surface area (Å²) in [5.74, 6) is 0. The van der Waals surface area contributed by atoms with Crippen molar-refractivity contribution in [3.05, 3.63) is 101 Å². The van der Waals surface area contributed by atoms with Gasteiger partial charge in [-0.3, -0.25) is 0 Å². The van der Waals surface area contributed by atoms with Crippen molar-refractivity contribution < 1.29 is 0 Å². The number of benzene rings is 4. The zero-order valence-electron chi connectivity index (χ0n) is 16.5. The minimum Gasteiger partial charge on any atom is -0.0616 e. The molecule has 0 aliphatic carbocycles. The Labute approximate surface area is 163 Å². The van der Waals surface area contributed by atoms with Crippen molar-refractivity contribution in [2.24, 2.45) is 0 Å². The SMILES string of the molecule is Cc1cc(C)cc(P(c2cc(C)cc(C)c2)c2cccc3ccccc23)c1. The molecule has 0 unspecified atom stereocenters. The molecule has 0 radical (unpaired) electrons. The Balaban J connectivity index is 2.03. The van der Waals surface area contributed by atoms with Crippen LogP contribution in [-0.2, 0) is 0 Å². The van der Waals surface area contributed by atoms with Gasteiger partial charge in [-0.15, -0.1) is 0 Å². The summed E-state index contributed by atoms with van der Waals surface area (Å²) in [6, 6.07) is 29.5. The summed E-state index contributed by atoms with van der Waals surface area (Å²) in [4.78, 5) is 0. The first-order valence-electron chi connectivity index (χ1n) is 9.46. The van der Waals surface area contributed by atoms with Gasteiger partial charge in [0.15, 0.2) is 0 Å². The molecule has 27 heavy (non-hydrogen) atoms. The molecule has 4 aromatic rings. The van der Waals surface area contributed by atoms with Crippen molar-refractivity contribution in [2.45, 2.75) is 27.7 Å². The molecule has 0 saturated carbocycles. The predicted molar refractivity (Wildman–Crippen MR) is 122 cm³/mol. The van der Waals surface area contributed by atoms with Crippen LogP contribution in [0.4, 0.5) is 0 Å². The third-order valence-electron chi connectivity index (χ3n) is 4.94. The Morgan fingerprint density at radius 3 is 1.56 bits per heavy atom. The fraction of sp³-hybridized carbons (Fsp3) is 0.154. The molecule has 4 aromatic carbocycles. The summed E-state index contributed by atoms with van der Waals surface area (Å²) in [5.41, 5.74) is 5.34. The van der Waals surface area contributed by atoms with Gasteiger partial charge in [0.1, 0.15) is 0 Å². The van der Waals surface area contributed by atoms with Crippen molar-refractivity contribution in [1.29, 1.82) is 0 Å². The van der Waals surface area contributed by atoms with E-state index in [-0.39, 0.29) is 0 Å². The fourth-order valence-corrected chi connectivity index (χ4v) is 6.86. The van der Waals surface area contributed by atoms with E-state index in [4.69, 9.17) is 0 Å². The lowest BCUT2D eigenvalue weighted by Crippen LogP contribution is -2.22. The van der Waals surface area contributed by atoms with Crippen LogP contribution in [0.3, 0.4) is 0 Å². The molecule has 0 aromatic heterocycles. The Bertz CT molecular complexity index is 1030. The number of hydrogen-bond acceptors (Lipinski definition) is 0. The molecule has 0 heterocycles. The summed E-state index contributed by atoms with van der Waals surface area (Å²) in [5, 5.41) is 6.99. The highest BCUT2D eigenvalue weighted by Gasteiger charge is 2.20. The van der Waals surface area contributed by atoms with Crippen LogP contribution in [0.5, 0.6) is 0 Å². The molecular formula is C26H25P. The standard InChI is InChI=1S/C26H25P/c1-18-12-19(2)15-23(14-18)27(24-16-20(3)13-21(4)17-24)26-11-7-9-22-8-5-6-10-25(22)26/h5-17H,1-4H3. The van der Waals surface area contributed by atoms with Crippen LogP contribution in [0.1, 0.15) is 22.3 Å². The number of rotatable bonds is 3. The van der Waals surface area contributed by atoms with E-state index in [0.717, 1.165) is 0 Å². The Hall–Kier alpha value is -2.43. The van der Waals surface area contributed by atoms with Gasteiger partial charge in [-0.2, -0.15) is 0 Å². The van der Waals surface area contributed by atoms with Crippen molar-refractivity contribution in [2.75, 3.05) is 0 Å². The van der Waals surface area contributed by atoms with E-state index in [0.29, 0.717) is 0 Å². The van der Waals surface area contributed by atoms with E-state index in [9.17, 15) is 0 Å². The van der Waals surface area contributed by atoms with Crippen LogP contribution in [0.15, 0.2) is 78.9 Å². The molecule has 134 valence electrons. The van der Waals surface area contributed by atoms with Gasteiger partial charge in [0.25, 0.3) is 0 Å². The van der Waals surface area contributed by atoms with Crippen LogP contribution >= 0.6 is 7.92 Å². The lowest BCUT2D eigenvalue weighted by atomic mass is 10.1. The van der Waals surface area contributed by atoms with E-state index in [1.54, 1.807) is 0 Å². The maximum atomic E-state index is 2.37. The van der Waals surface area contributed by atoms with Gasteiger partial charge < -0.3 is 0 Å². The minimum atomic E-state index is -0.611. The third kappa shape index (κ3) is 3.68. The minimum absolute atomic E-state index is 0.611. The molecule has 0 spiro atoms. The average Bonchev–Trinajstić information content (AvgIpc) is 2.60. The number of fused-ring (bicyclic) bond motifs is 1. The second-order valence-electron chi connectivity index (χ2n) is 7.53. The third-order valence-corrected chi connectivity index (χ3v) is 7.36. The monoisotopic (exact) mass is 368 g/mol. The maximum absolute atomic E-state index is 2.37. The summed E-state index contributed by atoms with van der Waals surface area (Å²) in [7, 11) is -0.611. The first-order chi connectivity index (χ1) is 13.0. The van der Waals surface area contributed by atoms with Gasteiger partial charge in [0.2, 0.25) is 0 Å². The van der Waals surface area contributed by atoms with Crippen LogP contribution in [-0.4, -0.2) is 0 Å². The van der Waals surface area contributed by atoms with Gasteiger partial charge in [0, 0.05) is 0 Å². The fourth-order valence-electron chi connectivity index (χ4n) is 3.99. The molecule has 0 N–H and O–H groups in total. The summed E-state index contributed by atoms with van der Waals surface area (Å²) >= 11 is 0. The van der Waals surface area contributed by atoms with Crippen molar-refractivity contribution in [3.63, 3.8) is 0 Å². The van der Waals surface area contributed by atoms with E-state index in [2.05, 4.69) is 107 Å². The molecule has 0 aliphatic rings. The molecule has 0 aliphatic heterocycles. The summed E-state index contributed by atoms with van der Waals surface area (Å²) < 4.78 is 0. The van der Waals surface area contributed by atoms with Crippen molar-refractivity contribution >= 4 is 34.6 Å². The summed E-state index contributed by atoms with van der Waals surface area (Å²) in [6.07, 6.45) is 0. The molecule has 0 saturated heterocycles. The zero-order valence-corrected chi connectivity index (χ0v) is 17.3. The Morgan fingerprint density at radius 1 is 0.519 bits per heavy atom.